The van der Waals surface area contributed by atoms with Gasteiger partial charge in [0.1, 0.15) is 0 Å². The smallest absolute Gasteiger partial charge is 0.338 e. The molecule has 2 amide bonds. The molecule has 0 heterocycles. The van der Waals surface area contributed by atoms with Crippen LogP contribution in [0.4, 0.5) is 0 Å². The zero-order valence-electron chi connectivity index (χ0n) is 12.3. The van der Waals surface area contributed by atoms with Gasteiger partial charge >= 0.3 is 5.97 Å². The van der Waals surface area contributed by atoms with E-state index >= 15 is 0 Å². The summed E-state index contributed by atoms with van der Waals surface area (Å²) in [6, 6.07) is 6.96. The zero-order valence-corrected chi connectivity index (χ0v) is 12.3. The Morgan fingerprint density at radius 2 is 1.81 bits per heavy atom. The molecule has 0 saturated carbocycles. The molecule has 0 atom stereocenters. The Kier molecular flexibility index (Phi) is 6.94. The van der Waals surface area contributed by atoms with E-state index in [1.807, 2.05) is 13.0 Å². The van der Waals surface area contributed by atoms with Crippen LogP contribution in [0.25, 0.3) is 0 Å². The van der Waals surface area contributed by atoms with Crippen molar-refractivity contribution in [2.24, 2.45) is 0 Å². The van der Waals surface area contributed by atoms with Crippen LogP contribution in [0.15, 0.2) is 24.3 Å². The van der Waals surface area contributed by atoms with Crippen LogP contribution in [0, 0.1) is 6.92 Å². The molecule has 0 aromatic heterocycles. The molecule has 0 bridgehead atoms. The quantitative estimate of drug-likeness (QED) is 0.728. The summed E-state index contributed by atoms with van der Waals surface area (Å²) in [5.74, 6) is -1.34. The minimum atomic E-state index is -0.557. The fourth-order valence-electron chi connectivity index (χ4n) is 1.57. The summed E-state index contributed by atoms with van der Waals surface area (Å²) in [6.07, 6.45) is 0.827. The van der Waals surface area contributed by atoms with Crippen molar-refractivity contribution in [2.75, 3.05) is 19.7 Å². The summed E-state index contributed by atoms with van der Waals surface area (Å²) < 4.78 is 4.90. The molecule has 1 aromatic rings. The first-order valence-electron chi connectivity index (χ1n) is 6.80. The lowest BCUT2D eigenvalue weighted by atomic mass is 10.1. The fraction of sp³-hybridized carbons (Fsp3) is 0.400. The number of benzene rings is 1. The van der Waals surface area contributed by atoms with E-state index in [2.05, 4.69) is 10.6 Å². The van der Waals surface area contributed by atoms with Gasteiger partial charge in [0.05, 0.1) is 12.1 Å². The minimum Gasteiger partial charge on any atom is -0.452 e. The number of carbonyl (C=O) groups excluding carboxylic acids is 3. The van der Waals surface area contributed by atoms with Crippen LogP contribution in [-0.2, 0) is 14.3 Å². The fourth-order valence-corrected chi connectivity index (χ4v) is 1.57. The normalized spacial score (nSPS) is 9.81. The molecule has 0 aliphatic carbocycles. The number of aryl methyl sites for hydroxylation is 1. The predicted molar refractivity (Wildman–Crippen MR) is 77.8 cm³/mol. The number of carbonyl (C=O) groups is 3. The molecule has 1 aromatic carbocycles. The van der Waals surface area contributed by atoms with Crippen LogP contribution in [0.5, 0.6) is 0 Å². The molecule has 0 fully saturated rings. The van der Waals surface area contributed by atoms with E-state index < -0.39 is 18.5 Å². The summed E-state index contributed by atoms with van der Waals surface area (Å²) in [7, 11) is 0. The first kappa shape index (κ1) is 16.7. The molecule has 6 heteroatoms. The van der Waals surface area contributed by atoms with E-state index in [1.165, 1.54) is 0 Å². The monoisotopic (exact) mass is 292 g/mol. The van der Waals surface area contributed by atoms with Crippen molar-refractivity contribution in [1.82, 2.24) is 10.6 Å². The average molecular weight is 292 g/mol. The second-order valence-corrected chi connectivity index (χ2v) is 4.52. The molecule has 0 aliphatic heterocycles. The van der Waals surface area contributed by atoms with Gasteiger partial charge in [0.25, 0.3) is 5.91 Å². The first-order chi connectivity index (χ1) is 10.0. The predicted octanol–water partition coefficient (Wildman–Crippen LogP) is 0.794. The van der Waals surface area contributed by atoms with Crippen LogP contribution in [-0.4, -0.2) is 37.5 Å². The standard InChI is InChI=1S/C15H20N2O4/c1-3-8-16-13(18)9-17-14(19)10-21-15(20)12-7-5-4-6-11(12)2/h4-7H,3,8-10H2,1-2H3,(H,16,18)(H,17,19). The Labute approximate surface area is 123 Å². The molecule has 6 nitrogen and oxygen atoms in total. The summed E-state index contributed by atoms with van der Waals surface area (Å²) in [4.78, 5) is 34.5. The molecule has 114 valence electrons. The number of ether oxygens (including phenoxy) is 1. The summed E-state index contributed by atoms with van der Waals surface area (Å²) in [5.41, 5.74) is 1.20. The third-order valence-corrected chi connectivity index (χ3v) is 2.72. The topological polar surface area (TPSA) is 84.5 Å². The van der Waals surface area contributed by atoms with Gasteiger partial charge in [-0.25, -0.2) is 4.79 Å². The maximum Gasteiger partial charge on any atom is 0.338 e. The SMILES string of the molecule is CCCNC(=O)CNC(=O)COC(=O)c1ccccc1C. The van der Waals surface area contributed by atoms with E-state index in [0.717, 1.165) is 12.0 Å². The Hall–Kier alpha value is -2.37. The average Bonchev–Trinajstić information content (AvgIpc) is 2.48. The zero-order chi connectivity index (χ0) is 15.7. The summed E-state index contributed by atoms with van der Waals surface area (Å²) in [5, 5.41) is 5.01. The number of rotatable bonds is 7. The van der Waals surface area contributed by atoms with Gasteiger partial charge in [-0.05, 0) is 25.0 Å². The minimum absolute atomic E-state index is 0.124. The Bertz CT molecular complexity index is 514. The van der Waals surface area contributed by atoms with Gasteiger partial charge < -0.3 is 15.4 Å². The number of nitrogens with one attached hydrogen (secondary N) is 2. The molecule has 21 heavy (non-hydrogen) atoms. The second-order valence-electron chi connectivity index (χ2n) is 4.52. The second kappa shape index (κ2) is 8.73. The van der Waals surface area contributed by atoms with Crippen LogP contribution in [0.1, 0.15) is 29.3 Å². The van der Waals surface area contributed by atoms with Gasteiger partial charge in [-0.3, -0.25) is 9.59 Å². The highest BCUT2D eigenvalue weighted by molar-refractivity contribution is 5.93. The third kappa shape index (κ3) is 6.07. The number of amides is 2. The highest BCUT2D eigenvalue weighted by atomic mass is 16.5. The number of hydrogen-bond acceptors (Lipinski definition) is 4. The van der Waals surface area contributed by atoms with Crippen molar-refractivity contribution in [3.05, 3.63) is 35.4 Å². The van der Waals surface area contributed by atoms with Crippen molar-refractivity contribution >= 4 is 17.8 Å². The van der Waals surface area contributed by atoms with Gasteiger partial charge in [0.15, 0.2) is 6.61 Å². The van der Waals surface area contributed by atoms with E-state index in [0.29, 0.717) is 12.1 Å². The summed E-state index contributed by atoms with van der Waals surface area (Å²) in [6.45, 7) is 3.75. The van der Waals surface area contributed by atoms with Crippen LogP contribution >= 0.6 is 0 Å². The number of esters is 1. The molecule has 0 radical (unpaired) electrons. The maximum atomic E-state index is 11.8. The Morgan fingerprint density at radius 3 is 2.48 bits per heavy atom. The molecule has 2 N–H and O–H groups in total. The summed E-state index contributed by atoms with van der Waals surface area (Å²) >= 11 is 0. The lowest BCUT2D eigenvalue weighted by Gasteiger charge is -2.08. The van der Waals surface area contributed by atoms with Crippen molar-refractivity contribution in [1.29, 1.82) is 0 Å². The highest BCUT2D eigenvalue weighted by Crippen LogP contribution is 2.08. The van der Waals surface area contributed by atoms with Crippen LogP contribution in [0.2, 0.25) is 0 Å². The van der Waals surface area contributed by atoms with Crippen molar-refractivity contribution < 1.29 is 19.1 Å². The largest absolute Gasteiger partial charge is 0.452 e. The van der Waals surface area contributed by atoms with E-state index in [1.54, 1.807) is 25.1 Å². The van der Waals surface area contributed by atoms with Crippen molar-refractivity contribution in [3.63, 3.8) is 0 Å². The lowest BCUT2D eigenvalue weighted by molar-refractivity contribution is -0.127. The van der Waals surface area contributed by atoms with E-state index in [-0.39, 0.29) is 12.5 Å². The molecule has 0 spiro atoms. The number of hydrogen-bond donors (Lipinski definition) is 2. The van der Waals surface area contributed by atoms with E-state index in [9.17, 15) is 14.4 Å². The molecule has 1 rings (SSSR count). The highest BCUT2D eigenvalue weighted by Gasteiger charge is 2.12. The van der Waals surface area contributed by atoms with Crippen molar-refractivity contribution in [3.8, 4) is 0 Å². The molecule has 0 saturated heterocycles. The van der Waals surface area contributed by atoms with Crippen molar-refractivity contribution in [2.45, 2.75) is 20.3 Å². The Balaban J connectivity index is 2.32. The van der Waals surface area contributed by atoms with Gasteiger partial charge in [0, 0.05) is 6.54 Å². The molecular weight excluding hydrogens is 272 g/mol. The molecule has 0 unspecified atom stereocenters. The maximum absolute atomic E-state index is 11.8. The van der Waals surface area contributed by atoms with E-state index in [4.69, 9.17) is 4.74 Å². The Morgan fingerprint density at radius 1 is 1.10 bits per heavy atom. The first-order valence-corrected chi connectivity index (χ1v) is 6.80. The van der Waals surface area contributed by atoms with Crippen LogP contribution in [0.3, 0.4) is 0 Å². The van der Waals surface area contributed by atoms with Gasteiger partial charge in [-0.1, -0.05) is 25.1 Å². The molecular formula is C15H20N2O4. The van der Waals surface area contributed by atoms with Gasteiger partial charge in [-0.2, -0.15) is 0 Å². The lowest BCUT2D eigenvalue weighted by Crippen LogP contribution is -2.38. The van der Waals surface area contributed by atoms with Gasteiger partial charge in [0.2, 0.25) is 5.91 Å². The van der Waals surface area contributed by atoms with Crippen LogP contribution < -0.4 is 10.6 Å². The molecule has 0 aliphatic rings. The third-order valence-electron chi connectivity index (χ3n) is 2.72. The van der Waals surface area contributed by atoms with Gasteiger partial charge in [-0.15, -0.1) is 0 Å².